The fourth-order valence-corrected chi connectivity index (χ4v) is 5.18. The van der Waals surface area contributed by atoms with Gasteiger partial charge in [-0.3, -0.25) is 0 Å². The van der Waals surface area contributed by atoms with E-state index >= 15 is 0 Å². The van der Waals surface area contributed by atoms with Crippen molar-refractivity contribution in [3.63, 3.8) is 0 Å². The Morgan fingerprint density at radius 2 is 1.91 bits per heavy atom. The van der Waals surface area contributed by atoms with E-state index in [9.17, 15) is 4.79 Å². The highest BCUT2D eigenvalue weighted by Crippen LogP contribution is 2.31. The molecule has 7 nitrogen and oxygen atoms in total. The number of morpholine rings is 1. The molecule has 5 rings (SSSR count). The number of hydrogen-bond acceptors (Lipinski definition) is 6. The molecule has 2 aromatic carbocycles. The largest absolute Gasteiger partial charge is 0.431 e. The number of urea groups is 1. The fourth-order valence-electron chi connectivity index (χ4n) is 4.34. The van der Waals surface area contributed by atoms with E-state index < -0.39 is 0 Å². The Morgan fingerprint density at radius 3 is 2.69 bits per heavy atom. The zero-order valence-corrected chi connectivity index (χ0v) is 21.0. The number of thiazole rings is 1. The van der Waals surface area contributed by atoms with E-state index in [0.29, 0.717) is 31.5 Å². The lowest BCUT2D eigenvalue weighted by Crippen LogP contribution is -2.46. The molecule has 1 N–H and O–H groups in total. The number of para-hydroxylation sites is 1. The van der Waals surface area contributed by atoms with Gasteiger partial charge in [0.2, 0.25) is 0 Å². The molecule has 2 amide bonds. The standard InChI is InChI=1S/C27H34N4O3S/c32-26(31-16-18-33-19-17-31)28-13-3-14-30(20-22-6-7-22)15-12-21-8-10-23(11-9-21)34-27-29-24-4-1-2-5-25(24)35-27/h1-2,4-5,8-11,22H,3,6-7,12-20H2,(H,28,32). The number of carbonyl (C=O) groups is 1. The van der Waals surface area contributed by atoms with Gasteiger partial charge in [-0.05, 0) is 68.0 Å². The summed E-state index contributed by atoms with van der Waals surface area (Å²) in [4.78, 5) is 21.2. The normalized spacial score (nSPS) is 16.1. The van der Waals surface area contributed by atoms with Gasteiger partial charge in [-0.1, -0.05) is 35.6 Å². The van der Waals surface area contributed by atoms with Crippen molar-refractivity contribution in [2.75, 3.05) is 52.5 Å². The summed E-state index contributed by atoms with van der Waals surface area (Å²) in [6.45, 7) is 6.57. The number of aromatic nitrogens is 1. The zero-order chi connectivity index (χ0) is 23.9. The van der Waals surface area contributed by atoms with Crippen LogP contribution in [-0.2, 0) is 11.2 Å². The molecule has 0 radical (unpaired) electrons. The van der Waals surface area contributed by atoms with Crippen molar-refractivity contribution >= 4 is 27.6 Å². The van der Waals surface area contributed by atoms with Crippen LogP contribution in [0.4, 0.5) is 4.79 Å². The van der Waals surface area contributed by atoms with E-state index in [-0.39, 0.29) is 6.03 Å². The van der Waals surface area contributed by atoms with E-state index in [4.69, 9.17) is 9.47 Å². The number of carbonyl (C=O) groups excluding carboxylic acids is 1. The Hall–Kier alpha value is -2.68. The van der Waals surface area contributed by atoms with Gasteiger partial charge in [0, 0.05) is 32.7 Å². The molecule has 0 bridgehead atoms. The molecule has 1 aliphatic carbocycles. The number of hydrogen-bond donors (Lipinski definition) is 1. The maximum atomic E-state index is 12.3. The third kappa shape index (κ3) is 7.16. The Kier molecular flexibility index (Phi) is 8.13. The molecule has 35 heavy (non-hydrogen) atoms. The molecule has 1 aromatic heterocycles. The number of amides is 2. The van der Waals surface area contributed by atoms with Gasteiger partial charge in [-0.15, -0.1) is 0 Å². The van der Waals surface area contributed by atoms with Crippen molar-refractivity contribution in [2.45, 2.75) is 25.7 Å². The van der Waals surface area contributed by atoms with Crippen LogP contribution in [0.25, 0.3) is 10.2 Å². The number of benzene rings is 2. The van der Waals surface area contributed by atoms with E-state index in [1.54, 1.807) is 11.3 Å². The van der Waals surface area contributed by atoms with Gasteiger partial charge in [0.1, 0.15) is 5.75 Å². The van der Waals surface area contributed by atoms with Crippen molar-refractivity contribution < 1.29 is 14.3 Å². The minimum atomic E-state index is 0.0372. The first-order chi connectivity index (χ1) is 17.2. The van der Waals surface area contributed by atoms with E-state index in [2.05, 4.69) is 33.4 Å². The van der Waals surface area contributed by atoms with E-state index in [1.165, 1.54) is 18.4 Å². The molecule has 1 saturated heterocycles. The predicted molar refractivity (Wildman–Crippen MR) is 139 cm³/mol. The Bertz CT molecular complexity index is 1060. The Morgan fingerprint density at radius 1 is 1.11 bits per heavy atom. The third-order valence-corrected chi connectivity index (χ3v) is 7.47. The second-order valence-corrected chi connectivity index (χ2v) is 10.4. The highest BCUT2D eigenvalue weighted by atomic mass is 32.1. The smallest absolute Gasteiger partial charge is 0.317 e. The van der Waals surface area contributed by atoms with E-state index in [0.717, 1.165) is 60.9 Å². The highest BCUT2D eigenvalue weighted by molar-refractivity contribution is 7.20. The summed E-state index contributed by atoms with van der Waals surface area (Å²) < 4.78 is 12.4. The Labute approximate surface area is 211 Å². The second kappa shape index (κ2) is 11.8. The highest BCUT2D eigenvalue weighted by Gasteiger charge is 2.24. The summed E-state index contributed by atoms with van der Waals surface area (Å²) in [5.74, 6) is 1.67. The first kappa shape index (κ1) is 24.0. The van der Waals surface area contributed by atoms with Crippen molar-refractivity contribution in [2.24, 2.45) is 5.92 Å². The summed E-state index contributed by atoms with van der Waals surface area (Å²) in [5, 5.41) is 3.75. The minimum absolute atomic E-state index is 0.0372. The van der Waals surface area contributed by atoms with Gasteiger partial charge in [-0.2, -0.15) is 0 Å². The number of nitrogens with one attached hydrogen (secondary N) is 1. The van der Waals surface area contributed by atoms with Crippen LogP contribution in [0.15, 0.2) is 48.5 Å². The maximum Gasteiger partial charge on any atom is 0.317 e. The summed E-state index contributed by atoms with van der Waals surface area (Å²) in [5.41, 5.74) is 2.28. The summed E-state index contributed by atoms with van der Waals surface area (Å²) in [6, 6.07) is 16.5. The first-order valence-electron chi connectivity index (χ1n) is 12.7. The zero-order valence-electron chi connectivity index (χ0n) is 20.2. The lowest BCUT2D eigenvalue weighted by Gasteiger charge is -2.27. The predicted octanol–water partition coefficient (Wildman–Crippen LogP) is 4.78. The molecular weight excluding hydrogens is 460 g/mol. The lowest BCUT2D eigenvalue weighted by atomic mass is 10.1. The van der Waals surface area contributed by atoms with Gasteiger partial charge in [0.05, 0.1) is 23.4 Å². The number of rotatable bonds is 11. The number of fused-ring (bicyclic) bond motifs is 1. The van der Waals surface area contributed by atoms with Crippen molar-refractivity contribution in [3.05, 3.63) is 54.1 Å². The molecule has 0 atom stereocenters. The van der Waals surface area contributed by atoms with Gasteiger partial charge < -0.3 is 24.6 Å². The third-order valence-electron chi connectivity index (χ3n) is 6.56. The Balaban J connectivity index is 1.06. The fraction of sp³-hybridized carbons (Fsp3) is 0.481. The topological polar surface area (TPSA) is 66.9 Å². The van der Waals surface area contributed by atoms with Gasteiger partial charge in [0.15, 0.2) is 0 Å². The van der Waals surface area contributed by atoms with Crippen LogP contribution < -0.4 is 10.1 Å². The SMILES string of the molecule is O=C(NCCCN(CCc1ccc(Oc2nc3ccccc3s2)cc1)CC1CC1)N1CCOCC1. The summed E-state index contributed by atoms with van der Waals surface area (Å²) in [6.07, 6.45) is 4.68. The summed E-state index contributed by atoms with van der Waals surface area (Å²) >= 11 is 1.57. The average molecular weight is 495 g/mol. The van der Waals surface area contributed by atoms with Crippen LogP contribution in [0, 0.1) is 5.92 Å². The van der Waals surface area contributed by atoms with Gasteiger partial charge in [-0.25, -0.2) is 9.78 Å². The van der Waals surface area contributed by atoms with Gasteiger partial charge >= 0.3 is 6.03 Å². The molecule has 2 heterocycles. The van der Waals surface area contributed by atoms with Crippen LogP contribution in [-0.4, -0.2) is 73.3 Å². The molecule has 0 unspecified atom stereocenters. The van der Waals surface area contributed by atoms with Crippen LogP contribution >= 0.6 is 11.3 Å². The monoisotopic (exact) mass is 494 g/mol. The molecular formula is C27H34N4O3S. The molecule has 3 aromatic rings. The maximum absolute atomic E-state index is 12.3. The van der Waals surface area contributed by atoms with Crippen molar-refractivity contribution in [1.29, 1.82) is 0 Å². The van der Waals surface area contributed by atoms with Crippen molar-refractivity contribution in [1.82, 2.24) is 20.1 Å². The minimum Gasteiger partial charge on any atom is -0.431 e. The van der Waals surface area contributed by atoms with Crippen LogP contribution in [0.2, 0.25) is 0 Å². The lowest BCUT2D eigenvalue weighted by molar-refractivity contribution is 0.0532. The number of nitrogens with zero attached hydrogens (tertiary/aromatic N) is 3. The molecule has 186 valence electrons. The molecule has 0 spiro atoms. The molecule has 2 aliphatic rings. The first-order valence-corrected chi connectivity index (χ1v) is 13.5. The second-order valence-electron chi connectivity index (χ2n) is 9.37. The van der Waals surface area contributed by atoms with Crippen LogP contribution in [0.1, 0.15) is 24.8 Å². The molecule has 1 saturated carbocycles. The molecule has 8 heteroatoms. The molecule has 2 fully saturated rings. The van der Waals surface area contributed by atoms with Gasteiger partial charge in [0.25, 0.3) is 5.19 Å². The van der Waals surface area contributed by atoms with Crippen molar-refractivity contribution in [3.8, 4) is 10.9 Å². The average Bonchev–Trinajstić information content (AvgIpc) is 3.62. The summed E-state index contributed by atoms with van der Waals surface area (Å²) in [7, 11) is 0. The van der Waals surface area contributed by atoms with Crippen LogP contribution in [0.5, 0.6) is 10.9 Å². The molecule has 1 aliphatic heterocycles. The van der Waals surface area contributed by atoms with E-state index in [1.807, 2.05) is 35.2 Å². The number of ether oxygens (including phenoxy) is 2. The van der Waals surface area contributed by atoms with Crippen LogP contribution in [0.3, 0.4) is 0 Å². The quantitative estimate of drug-likeness (QED) is 0.389.